The standard InChI is InChI=1S/C16H14N2O4S.HI/c1-18-6-9-14(17)16(11(20)7-19)23-15(9)8-4-12(21-2)13(22-3)5-10(8)18;/h4-7H,1-3H3,(H-,17,20);1H. The SMILES string of the molecule is COc1cc2c3sc(C(=O)C=O)c(N)c3c[n+](C)c2cc1OC.[I-]. The van der Waals surface area contributed by atoms with E-state index in [0.717, 1.165) is 21.0 Å². The molecule has 0 saturated heterocycles. The van der Waals surface area contributed by atoms with Gasteiger partial charge in [0.25, 0.3) is 0 Å². The summed E-state index contributed by atoms with van der Waals surface area (Å²) >= 11 is 1.21. The van der Waals surface area contributed by atoms with Gasteiger partial charge in [0.05, 0.1) is 41.4 Å². The molecule has 0 fully saturated rings. The zero-order valence-electron chi connectivity index (χ0n) is 13.3. The Morgan fingerprint density at radius 2 is 1.83 bits per heavy atom. The van der Waals surface area contributed by atoms with Crippen molar-refractivity contribution in [3.8, 4) is 11.5 Å². The summed E-state index contributed by atoms with van der Waals surface area (Å²) in [4.78, 5) is 22.8. The van der Waals surface area contributed by atoms with Crippen LogP contribution in [-0.4, -0.2) is 26.3 Å². The molecule has 0 atom stereocenters. The molecule has 3 rings (SSSR count). The molecular weight excluding hydrogens is 443 g/mol. The molecule has 2 aromatic heterocycles. The molecule has 2 heterocycles. The summed E-state index contributed by atoms with van der Waals surface area (Å²) in [5, 5.41) is 1.62. The van der Waals surface area contributed by atoms with Crippen molar-refractivity contribution < 1.29 is 47.6 Å². The van der Waals surface area contributed by atoms with E-state index in [-0.39, 0.29) is 35.1 Å². The number of rotatable bonds is 4. The van der Waals surface area contributed by atoms with E-state index in [1.807, 2.05) is 29.9 Å². The molecule has 0 radical (unpaired) electrons. The molecule has 0 spiro atoms. The summed E-state index contributed by atoms with van der Waals surface area (Å²) in [5.41, 5.74) is 7.30. The van der Waals surface area contributed by atoms with E-state index < -0.39 is 5.78 Å². The molecule has 0 unspecified atom stereocenters. The zero-order valence-corrected chi connectivity index (χ0v) is 16.2. The number of hydrogen-bond acceptors (Lipinski definition) is 6. The highest BCUT2D eigenvalue weighted by atomic mass is 127. The van der Waals surface area contributed by atoms with E-state index >= 15 is 0 Å². The van der Waals surface area contributed by atoms with Crippen LogP contribution in [0.2, 0.25) is 0 Å². The first-order chi connectivity index (χ1) is 11.0. The van der Waals surface area contributed by atoms with Crippen molar-refractivity contribution >= 4 is 50.1 Å². The lowest BCUT2D eigenvalue weighted by Crippen LogP contribution is -3.00. The second kappa shape index (κ2) is 6.89. The van der Waals surface area contributed by atoms with Gasteiger partial charge < -0.3 is 39.2 Å². The molecule has 2 N–H and O–H groups in total. The lowest BCUT2D eigenvalue weighted by Gasteiger charge is -2.08. The number of fused-ring (bicyclic) bond motifs is 3. The summed E-state index contributed by atoms with van der Waals surface area (Å²) in [6, 6.07) is 3.71. The van der Waals surface area contributed by atoms with Crippen molar-refractivity contribution in [2.45, 2.75) is 0 Å². The van der Waals surface area contributed by atoms with E-state index in [2.05, 4.69) is 0 Å². The second-order valence-corrected chi connectivity index (χ2v) is 6.05. The van der Waals surface area contributed by atoms with Crippen molar-refractivity contribution in [3.63, 3.8) is 0 Å². The van der Waals surface area contributed by atoms with Gasteiger partial charge in [-0.05, 0) is 6.07 Å². The number of ketones is 1. The van der Waals surface area contributed by atoms with Gasteiger partial charge in [0, 0.05) is 0 Å². The van der Waals surface area contributed by atoms with Crippen LogP contribution in [0, 0.1) is 0 Å². The fourth-order valence-corrected chi connectivity index (χ4v) is 3.75. The van der Waals surface area contributed by atoms with Crippen LogP contribution in [0.5, 0.6) is 11.5 Å². The number of Topliss-reactive ketones (excluding diaryl/α,β-unsaturated/α-hetero) is 1. The number of methoxy groups -OCH3 is 2. The first kappa shape index (κ1) is 18.4. The fourth-order valence-electron chi connectivity index (χ4n) is 2.63. The summed E-state index contributed by atoms with van der Waals surface area (Å²) in [5.74, 6) is 0.589. The number of aryl methyl sites for hydroxylation is 1. The Bertz CT molecular complexity index is 968. The van der Waals surface area contributed by atoms with Crippen LogP contribution in [0.3, 0.4) is 0 Å². The maximum absolute atomic E-state index is 11.8. The van der Waals surface area contributed by atoms with E-state index in [0.29, 0.717) is 17.2 Å². The second-order valence-electron chi connectivity index (χ2n) is 5.03. The quantitative estimate of drug-likeness (QED) is 0.176. The van der Waals surface area contributed by atoms with Crippen LogP contribution < -0.4 is 43.8 Å². The molecule has 0 bridgehead atoms. The van der Waals surface area contributed by atoms with Crippen LogP contribution in [0.25, 0.3) is 21.0 Å². The van der Waals surface area contributed by atoms with Gasteiger partial charge in [-0.25, -0.2) is 4.57 Å². The molecule has 0 aliphatic carbocycles. The third-order valence-corrected chi connectivity index (χ3v) is 5.03. The monoisotopic (exact) mass is 458 g/mol. The number of aromatic nitrogens is 1. The average Bonchev–Trinajstić information content (AvgIpc) is 2.90. The highest BCUT2D eigenvalue weighted by Crippen LogP contribution is 2.40. The molecule has 0 aliphatic rings. The summed E-state index contributed by atoms with van der Waals surface area (Å²) in [7, 11) is 5.02. The molecular formula is C16H15IN2O4S. The fraction of sp³-hybridized carbons (Fsp3) is 0.188. The van der Waals surface area contributed by atoms with Gasteiger partial charge >= 0.3 is 0 Å². The van der Waals surface area contributed by atoms with E-state index in [1.54, 1.807) is 14.2 Å². The Morgan fingerprint density at radius 1 is 1.21 bits per heavy atom. The number of thiophene rings is 1. The lowest BCUT2D eigenvalue weighted by molar-refractivity contribution is -0.643. The number of nitrogens with two attached hydrogens (primary N) is 1. The molecule has 6 nitrogen and oxygen atoms in total. The number of pyridine rings is 1. The Kier molecular flexibility index (Phi) is 5.29. The van der Waals surface area contributed by atoms with Crippen LogP contribution >= 0.6 is 11.3 Å². The van der Waals surface area contributed by atoms with Crippen LogP contribution in [0.4, 0.5) is 5.69 Å². The minimum absolute atomic E-state index is 0. The van der Waals surface area contributed by atoms with Gasteiger partial charge in [-0.3, -0.25) is 9.59 Å². The van der Waals surface area contributed by atoms with Gasteiger partial charge in [-0.15, -0.1) is 11.3 Å². The van der Waals surface area contributed by atoms with E-state index in [1.165, 1.54) is 11.3 Å². The molecule has 1 aromatic carbocycles. The van der Waals surface area contributed by atoms with Gasteiger partial charge in [0.1, 0.15) is 11.9 Å². The van der Waals surface area contributed by atoms with Gasteiger partial charge in [0.15, 0.2) is 24.0 Å². The zero-order chi connectivity index (χ0) is 16.7. The molecule has 3 aromatic rings. The smallest absolute Gasteiger partial charge is 0.237 e. The first-order valence-corrected chi connectivity index (χ1v) is 7.59. The maximum Gasteiger partial charge on any atom is 0.237 e. The number of ether oxygens (including phenoxy) is 2. The maximum atomic E-state index is 11.8. The average molecular weight is 458 g/mol. The van der Waals surface area contributed by atoms with Crippen LogP contribution in [0.1, 0.15) is 9.67 Å². The number of anilines is 1. The third-order valence-electron chi connectivity index (χ3n) is 3.76. The predicted octanol–water partition coefficient (Wildman–Crippen LogP) is -1.14. The molecule has 0 saturated carbocycles. The summed E-state index contributed by atoms with van der Waals surface area (Å²) in [6.45, 7) is 0. The van der Waals surface area contributed by atoms with Crippen molar-refractivity contribution in [3.05, 3.63) is 23.2 Å². The van der Waals surface area contributed by atoms with Gasteiger partial charge in [0.2, 0.25) is 11.3 Å². The summed E-state index contributed by atoms with van der Waals surface area (Å²) in [6.07, 6.45) is 2.13. The largest absolute Gasteiger partial charge is 1.00 e. The lowest BCUT2D eigenvalue weighted by atomic mass is 10.1. The van der Waals surface area contributed by atoms with Crippen LogP contribution in [0.15, 0.2) is 18.3 Å². The molecule has 0 aliphatic heterocycles. The van der Waals surface area contributed by atoms with E-state index in [9.17, 15) is 9.59 Å². The van der Waals surface area contributed by atoms with Crippen molar-refractivity contribution in [1.82, 2.24) is 0 Å². The number of nitrogens with zero attached hydrogens (tertiary/aromatic N) is 1. The predicted molar refractivity (Wildman–Crippen MR) is 88.4 cm³/mol. The van der Waals surface area contributed by atoms with Gasteiger partial charge in [-0.2, -0.15) is 0 Å². The molecule has 24 heavy (non-hydrogen) atoms. The number of carbonyl (C=O) groups is 2. The normalized spacial score (nSPS) is 10.5. The topological polar surface area (TPSA) is 82.5 Å². The number of nitrogen functional groups attached to an aromatic ring is 1. The Hall–Kier alpha value is -1.94. The number of benzene rings is 1. The minimum Gasteiger partial charge on any atom is -1.00 e. The summed E-state index contributed by atoms with van der Waals surface area (Å²) < 4.78 is 13.4. The Morgan fingerprint density at radius 3 is 2.42 bits per heavy atom. The first-order valence-electron chi connectivity index (χ1n) is 6.77. The number of aldehydes is 1. The number of carbonyl (C=O) groups excluding carboxylic acids is 2. The van der Waals surface area contributed by atoms with Crippen molar-refractivity contribution in [2.75, 3.05) is 20.0 Å². The third kappa shape index (κ3) is 2.69. The van der Waals surface area contributed by atoms with Crippen molar-refractivity contribution in [2.24, 2.45) is 7.05 Å². The molecule has 0 amide bonds. The molecule has 8 heteroatoms. The Balaban J connectivity index is 0.00000208. The Labute approximate surface area is 159 Å². The minimum atomic E-state index is -0.611. The van der Waals surface area contributed by atoms with Gasteiger partial charge in [-0.1, -0.05) is 0 Å². The van der Waals surface area contributed by atoms with Crippen LogP contribution in [-0.2, 0) is 11.8 Å². The van der Waals surface area contributed by atoms with E-state index in [4.69, 9.17) is 15.2 Å². The highest BCUT2D eigenvalue weighted by molar-refractivity contribution is 7.23. The highest BCUT2D eigenvalue weighted by Gasteiger charge is 2.23. The number of halogens is 1. The molecule has 126 valence electrons. The van der Waals surface area contributed by atoms with Crippen molar-refractivity contribution in [1.29, 1.82) is 0 Å². The number of hydrogen-bond donors (Lipinski definition) is 1.